The van der Waals surface area contributed by atoms with Crippen molar-refractivity contribution in [3.63, 3.8) is 0 Å². The molecular formula is C11H15NO3. The second-order valence-electron chi connectivity index (χ2n) is 3.39. The molecule has 0 heterocycles. The number of carbonyl (C=O) groups excluding carboxylic acids is 1. The minimum Gasteiger partial charge on any atom is -0.496 e. The molecule has 1 unspecified atom stereocenters. The van der Waals surface area contributed by atoms with Crippen molar-refractivity contribution in [2.75, 3.05) is 14.2 Å². The molecule has 1 aromatic carbocycles. The zero-order chi connectivity index (χ0) is 11.5. The van der Waals surface area contributed by atoms with Crippen LogP contribution in [0.4, 0.5) is 0 Å². The number of hydrogen-bond donors (Lipinski definition) is 1. The van der Waals surface area contributed by atoms with Crippen LogP contribution >= 0.6 is 0 Å². The van der Waals surface area contributed by atoms with E-state index in [4.69, 9.17) is 10.5 Å². The maximum atomic E-state index is 11.5. The number of rotatable bonds is 3. The van der Waals surface area contributed by atoms with E-state index < -0.39 is 11.5 Å². The lowest BCUT2D eigenvalue weighted by atomic mass is 9.92. The highest BCUT2D eigenvalue weighted by molar-refractivity contribution is 5.82. The molecule has 0 radical (unpaired) electrons. The van der Waals surface area contributed by atoms with Crippen LogP contribution in [0.3, 0.4) is 0 Å². The van der Waals surface area contributed by atoms with E-state index in [0.29, 0.717) is 11.3 Å². The fraction of sp³-hybridized carbons (Fsp3) is 0.364. The number of methoxy groups -OCH3 is 2. The molecule has 0 fully saturated rings. The van der Waals surface area contributed by atoms with Gasteiger partial charge in [-0.25, -0.2) is 4.79 Å². The minimum atomic E-state index is -1.19. The van der Waals surface area contributed by atoms with E-state index in [-0.39, 0.29) is 0 Å². The number of para-hydroxylation sites is 1. The first-order valence-corrected chi connectivity index (χ1v) is 4.54. The summed E-state index contributed by atoms with van der Waals surface area (Å²) in [4.78, 5) is 11.5. The number of hydrogen-bond acceptors (Lipinski definition) is 4. The molecule has 2 N–H and O–H groups in total. The number of esters is 1. The smallest absolute Gasteiger partial charge is 0.330 e. The van der Waals surface area contributed by atoms with Gasteiger partial charge in [-0.1, -0.05) is 18.2 Å². The van der Waals surface area contributed by atoms with Crippen LogP contribution in [-0.2, 0) is 15.1 Å². The Morgan fingerprint density at radius 2 is 1.93 bits per heavy atom. The first-order valence-electron chi connectivity index (χ1n) is 4.54. The van der Waals surface area contributed by atoms with Gasteiger partial charge in [0.1, 0.15) is 11.3 Å². The molecule has 82 valence electrons. The highest BCUT2D eigenvalue weighted by Crippen LogP contribution is 2.28. The lowest BCUT2D eigenvalue weighted by Crippen LogP contribution is -2.42. The van der Waals surface area contributed by atoms with E-state index in [2.05, 4.69) is 4.74 Å². The molecule has 0 bridgehead atoms. The van der Waals surface area contributed by atoms with Gasteiger partial charge in [0.15, 0.2) is 0 Å². The van der Waals surface area contributed by atoms with E-state index in [9.17, 15) is 4.79 Å². The molecule has 0 saturated carbocycles. The van der Waals surface area contributed by atoms with Crippen LogP contribution in [0.15, 0.2) is 24.3 Å². The standard InChI is InChI=1S/C11H15NO3/c1-11(12,10(13)15-3)8-6-4-5-7-9(8)14-2/h4-7H,12H2,1-3H3. The van der Waals surface area contributed by atoms with Crippen LogP contribution in [0.1, 0.15) is 12.5 Å². The number of carbonyl (C=O) groups is 1. The summed E-state index contributed by atoms with van der Waals surface area (Å²) in [5, 5.41) is 0. The Morgan fingerprint density at radius 1 is 1.33 bits per heavy atom. The summed E-state index contributed by atoms with van der Waals surface area (Å²) in [5.74, 6) is 0.0832. The first-order chi connectivity index (χ1) is 7.04. The summed E-state index contributed by atoms with van der Waals surface area (Å²) < 4.78 is 9.79. The van der Waals surface area contributed by atoms with Crippen molar-refractivity contribution in [2.24, 2.45) is 5.73 Å². The van der Waals surface area contributed by atoms with Gasteiger partial charge in [-0.2, -0.15) is 0 Å². The van der Waals surface area contributed by atoms with Gasteiger partial charge in [0.2, 0.25) is 0 Å². The lowest BCUT2D eigenvalue weighted by molar-refractivity contribution is -0.146. The third-order valence-electron chi connectivity index (χ3n) is 2.28. The molecule has 0 amide bonds. The van der Waals surface area contributed by atoms with Gasteiger partial charge < -0.3 is 15.2 Å². The van der Waals surface area contributed by atoms with Gasteiger partial charge in [0.25, 0.3) is 0 Å². The average Bonchev–Trinajstić information content (AvgIpc) is 2.27. The molecule has 1 rings (SSSR count). The summed E-state index contributed by atoms with van der Waals surface area (Å²) in [5.41, 5.74) is 5.33. The van der Waals surface area contributed by atoms with Crippen LogP contribution < -0.4 is 10.5 Å². The van der Waals surface area contributed by atoms with Gasteiger partial charge in [-0.3, -0.25) is 0 Å². The molecule has 0 aliphatic carbocycles. The maximum Gasteiger partial charge on any atom is 0.330 e. The Bertz CT molecular complexity index is 361. The van der Waals surface area contributed by atoms with Gasteiger partial charge in [0, 0.05) is 5.56 Å². The Hall–Kier alpha value is -1.55. The van der Waals surface area contributed by atoms with Crippen LogP contribution in [0.25, 0.3) is 0 Å². The Kier molecular flexibility index (Phi) is 3.31. The van der Waals surface area contributed by atoms with E-state index >= 15 is 0 Å². The molecule has 1 aromatic rings. The molecule has 0 aromatic heterocycles. The number of benzene rings is 1. The average molecular weight is 209 g/mol. The summed E-state index contributed by atoms with van der Waals surface area (Å²) in [6.45, 7) is 1.59. The molecule has 1 atom stereocenters. The molecular weight excluding hydrogens is 194 g/mol. The predicted molar refractivity (Wildman–Crippen MR) is 56.5 cm³/mol. The highest BCUT2D eigenvalue weighted by atomic mass is 16.5. The van der Waals surface area contributed by atoms with Crippen molar-refractivity contribution in [1.82, 2.24) is 0 Å². The topological polar surface area (TPSA) is 61.5 Å². The van der Waals surface area contributed by atoms with Crippen molar-refractivity contribution in [3.05, 3.63) is 29.8 Å². The maximum absolute atomic E-state index is 11.5. The van der Waals surface area contributed by atoms with Gasteiger partial charge in [-0.15, -0.1) is 0 Å². The molecule has 0 saturated heterocycles. The molecule has 0 aliphatic rings. The third-order valence-corrected chi connectivity index (χ3v) is 2.28. The van der Waals surface area contributed by atoms with Crippen LogP contribution in [0.5, 0.6) is 5.75 Å². The van der Waals surface area contributed by atoms with E-state index in [0.717, 1.165) is 0 Å². The van der Waals surface area contributed by atoms with Crippen molar-refractivity contribution in [3.8, 4) is 5.75 Å². The molecule has 4 nitrogen and oxygen atoms in total. The van der Waals surface area contributed by atoms with Gasteiger partial charge in [-0.05, 0) is 13.0 Å². The number of nitrogens with two attached hydrogens (primary N) is 1. The summed E-state index contributed by atoms with van der Waals surface area (Å²) >= 11 is 0. The lowest BCUT2D eigenvalue weighted by Gasteiger charge is -2.23. The second-order valence-corrected chi connectivity index (χ2v) is 3.39. The number of ether oxygens (including phenoxy) is 2. The molecule has 0 spiro atoms. The Balaban J connectivity index is 3.19. The fourth-order valence-electron chi connectivity index (χ4n) is 1.40. The summed E-state index contributed by atoms with van der Waals surface area (Å²) in [7, 11) is 2.84. The molecule has 15 heavy (non-hydrogen) atoms. The summed E-state index contributed by atoms with van der Waals surface area (Å²) in [6.07, 6.45) is 0. The zero-order valence-electron chi connectivity index (χ0n) is 9.11. The van der Waals surface area contributed by atoms with E-state index in [1.165, 1.54) is 14.2 Å². The van der Waals surface area contributed by atoms with E-state index in [1.807, 2.05) is 6.07 Å². The Labute approximate surface area is 89.0 Å². The molecule has 0 aliphatic heterocycles. The predicted octanol–water partition coefficient (Wildman–Crippen LogP) is 1.04. The SMILES string of the molecule is COC(=O)C(C)(N)c1ccccc1OC. The first kappa shape index (κ1) is 11.5. The van der Waals surface area contributed by atoms with Crippen molar-refractivity contribution in [2.45, 2.75) is 12.5 Å². The van der Waals surface area contributed by atoms with Crippen molar-refractivity contribution >= 4 is 5.97 Å². The highest BCUT2D eigenvalue weighted by Gasteiger charge is 2.34. The van der Waals surface area contributed by atoms with Crippen molar-refractivity contribution in [1.29, 1.82) is 0 Å². The quantitative estimate of drug-likeness (QED) is 0.755. The van der Waals surface area contributed by atoms with E-state index in [1.54, 1.807) is 25.1 Å². The van der Waals surface area contributed by atoms with Crippen LogP contribution in [-0.4, -0.2) is 20.2 Å². The van der Waals surface area contributed by atoms with Gasteiger partial charge >= 0.3 is 5.97 Å². The monoisotopic (exact) mass is 209 g/mol. The fourth-order valence-corrected chi connectivity index (χ4v) is 1.40. The zero-order valence-corrected chi connectivity index (χ0v) is 9.11. The minimum absolute atomic E-state index is 0.494. The molecule has 4 heteroatoms. The van der Waals surface area contributed by atoms with Gasteiger partial charge in [0.05, 0.1) is 14.2 Å². The second kappa shape index (κ2) is 4.31. The van der Waals surface area contributed by atoms with Crippen LogP contribution in [0, 0.1) is 0 Å². The normalized spacial score (nSPS) is 14.1. The van der Waals surface area contributed by atoms with Crippen molar-refractivity contribution < 1.29 is 14.3 Å². The summed E-state index contributed by atoms with van der Waals surface area (Å²) in [6, 6.07) is 7.11. The Morgan fingerprint density at radius 3 is 2.47 bits per heavy atom. The third kappa shape index (κ3) is 2.10. The van der Waals surface area contributed by atoms with Crippen LogP contribution in [0.2, 0.25) is 0 Å². The largest absolute Gasteiger partial charge is 0.496 e.